The van der Waals surface area contributed by atoms with Crippen LogP contribution in [-0.4, -0.2) is 65.4 Å². The van der Waals surface area contributed by atoms with Crippen LogP contribution >= 0.6 is 0 Å². The van der Waals surface area contributed by atoms with E-state index < -0.39 is 0 Å². The first-order chi connectivity index (χ1) is 34.7. The standard InChI is InChI=1S/C24H22N4O.C22H18N4.C15H20N2.2Pt/c1-23(2)17-7-5-8-18(15-17)28-14-12-22(26-28)29-20-10-6-9-19(16-20)27-13-11-21(25-27)24(23,3)4;1-3-17-7-9-19-12-14-26(24-19)22-6-2-4-18(16-22)8-10-20-11-13-25(23-20)21(5-1)15-17;1-9-5-13-7-11(3)17-12(4)8-14-6-10(2)16(9)15(13,14)17;;/h5-14H,1-4H3;1-6,11-14H,7-10H2;5,8,13-14H,6-7H2,1-4H3;;/q2*-2;3*+2. The van der Waals surface area contributed by atoms with Gasteiger partial charge in [0, 0.05) is 94.7 Å². The van der Waals surface area contributed by atoms with Gasteiger partial charge in [-0.3, -0.25) is 18.7 Å². The average Bonchev–Trinajstić information content (AvgIpc) is 4.25. The minimum absolute atomic E-state index is 0. The zero-order valence-corrected chi connectivity index (χ0v) is 47.7. The second-order valence-corrected chi connectivity index (χ2v) is 21.2. The summed E-state index contributed by atoms with van der Waals surface area (Å²) in [6.45, 7) is 18.1. The Morgan fingerprint density at radius 2 is 0.973 bits per heavy atom. The molecule has 4 aromatic carbocycles. The van der Waals surface area contributed by atoms with Gasteiger partial charge in [0.2, 0.25) is 5.88 Å². The van der Waals surface area contributed by atoms with Crippen LogP contribution in [0.2, 0.25) is 0 Å². The van der Waals surface area contributed by atoms with Gasteiger partial charge in [-0.1, -0.05) is 27.7 Å². The van der Waals surface area contributed by atoms with E-state index in [1.165, 1.54) is 35.4 Å². The van der Waals surface area contributed by atoms with Crippen LogP contribution < -0.4 is 4.74 Å². The topological polar surface area (TPSA) is 86.5 Å². The van der Waals surface area contributed by atoms with Crippen molar-refractivity contribution >= 4 is 11.4 Å². The van der Waals surface area contributed by atoms with Gasteiger partial charge in [-0.05, 0) is 72.0 Å². The summed E-state index contributed by atoms with van der Waals surface area (Å²) in [5.41, 5.74) is 16.1. The van der Waals surface area contributed by atoms with Crippen LogP contribution in [0.25, 0.3) is 22.7 Å². The Morgan fingerprint density at radius 3 is 1.55 bits per heavy atom. The van der Waals surface area contributed by atoms with Crippen molar-refractivity contribution in [3.05, 3.63) is 203 Å². The number of nitrogens with zero attached hydrogens (tertiary/aromatic N) is 10. The van der Waals surface area contributed by atoms with Gasteiger partial charge in [0.1, 0.15) is 11.8 Å². The fourth-order valence-electron chi connectivity index (χ4n) is 12.0. The minimum Gasteiger partial charge on any atom is -0.465 e. The Bertz CT molecular complexity index is 3420. The molecular formula is C61H60N10OPt2+2. The van der Waals surface area contributed by atoms with Crippen molar-refractivity contribution in [3.63, 3.8) is 0 Å². The van der Waals surface area contributed by atoms with Gasteiger partial charge in [0.05, 0.1) is 17.1 Å². The van der Waals surface area contributed by atoms with Gasteiger partial charge in [0.15, 0.2) is 22.8 Å². The fraction of sp³-hybridized carbons (Fsp3) is 0.311. The van der Waals surface area contributed by atoms with Gasteiger partial charge in [-0.2, -0.15) is 92.7 Å². The summed E-state index contributed by atoms with van der Waals surface area (Å²) < 4.78 is 18.7. The average molecular weight is 1340 g/mol. The van der Waals surface area contributed by atoms with Crippen molar-refractivity contribution in [2.75, 3.05) is 0 Å². The second kappa shape index (κ2) is 19.8. The van der Waals surface area contributed by atoms with Gasteiger partial charge in [-0.15, -0.1) is 50.6 Å². The predicted molar refractivity (Wildman–Crippen MR) is 279 cm³/mol. The number of ether oxygens (including phenoxy) is 1. The normalized spacial score (nSPS) is 20.9. The Morgan fingerprint density at radius 1 is 0.500 bits per heavy atom. The quantitative estimate of drug-likeness (QED) is 0.112. The van der Waals surface area contributed by atoms with Crippen molar-refractivity contribution in [3.8, 4) is 34.4 Å². The number of rotatable bonds is 0. The van der Waals surface area contributed by atoms with Crippen LogP contribution in [0, 0.1) is 36.1 Å². The molecule has 11 nitrogen and oxygen atoms in total. The Labute approximate surface area is 463 Å². The summed E-state index contributed by atoms with van der Waals surface area (Å²) in [7, 11) is 0. The Balaban J connectivity index is 0.000000129. The van der Waals surface area contributed by atoms with Crippen molar-refractivity contribution in [2.24, 2.45) is 11.8 Å². The molecule has 1 spiro atoms. The first kappa shape index (κ1) is 51.2. The Kier molecular flexibility index (Phi) is 13.7. The molecule has 74 heavy (non-hydrogen) atoms. The molecule has 2 atom stereocenters. The van der Waals surface area contributed by atoms with E-state index in [0.29, 0.717) is 23.5 Å². The van der Waals surface area contributed by atoms with Gasteiger partial charge in [-0.25, -0.2) is 0 Å². The van der Waals surface area contributed by atoms with Crippen molar-refractivity contribution in [1.29, 1.82) is 0 Å². The van der Waals surface area contributed by atoms with Gasteiger partial charge >= 0.3 is 47.8 Å². The summed E-state index contributed by atoms with van der Waals surface area (Å²) in [5, 5.41) is 18.9. The van der Waals surface area contributed by atoms with Gasteiger partial charge in [0.25, 0.3) is 0 Å². The molecule has 0 saturated heterocycles. The minimum atomic E-state index is -0.239. The molecule has 0 fully saturated rings. The summed E-state index contributed by atoms with van der Waals surface area (Å²) in [4.78, 5) is 0. The third-order valence-corrected chi connectivity index (χ3v) is 16.2. The molecule has 378 valence electrons. The monoisotopic (exact) mass is 1340 g/mol. The predicted octanol–water partition coefficient (Wildman–Crippen LogP) is 11.1. The van der Waals surface area contributed by atoms with Crippen molar-refractivity contribution < 1.29 is 56.0 Å². The summed E-state index contributed by atoms with van der Waals surface area (Å²) in [6, 6.07) is 46.3. The number of hydrogen-bond donors (Lipinski definition) is 0. The molecule has 2 unspecified atom stereocenters. The van der Waals surface area contributed by atoms with Crippen LogP contribution in [-0.2, 0) is 78.6 Å². The summed E-state index contributed by atoms with van der Waals surface area (Å²) in [6.07, 6.45) is 19.0. The molecule has 0 aliphatic carbocycles. The number of hydrogen-bond acceptors (Lipinski definition) is 5. The second-order valence-electron chi connectivity index (χ2n) is 21.2. The molecule has 6 aliphatic rings. The third kappa shape index (κ3) is 8.81. The molecular weight excluding hydrogens is 1280 g/mol. The SMILES string of the molecule is CC1(C)c2[c-]c(ccc2)-n2ccc(n2)Oc2[c-]c(ccc2)-n2ccc(n2)C1(C)C.CC1=CC2CC(C)=[N+]3C(C)=CC4CC(C)=[N+]1C423.[Pt+2].[Pt+2].[c-]1c2cccc1-n1ccc(n1)CCc1[c-]c(ccc1)-n1ccc(n1)CC2. The fourth-order valence-corrected chi connectivity index (χ4v) is 12.0. The zero-order chi connectivity index (χ0) is 49.5. The van der Waals surface area contributed by atoms with E-state index in [1.807, 2.05) is 69.2 Å². The Hall–Kier alpha value is -6.28. The van der Waals surface area contributed by atoms with Crippen LogP contribution in [0.5, 0.6) is 11.6 Å². The van der Waals surface area contributed by atoms with E-state index in [1.54, 1.807) is 16.1 Å². The van der Waals surface area contributed by atoms with Crippen LogP contribution in [0.3, 0.4) is 0 Å². The molecule has 13 heteroatoms. The molecule has 14 rings (SSSR count). The largest absolute Gasteiger partial charge is 2.00 e. The number of aromatic nitrogens is 8. The maximum Gasteiger partial charge on any atom is 2.00 e. The van der Waals surface area contributed by atoms with E-state index in [4.69, 9.17) is 20.0 Å². The van der Waals surface area contributed by atoms with E-state index in [2.05, 4.69) is 173 Å². The van der Waals surface area contributed by atoms with E-state index >= 15 is 0 Å². The van der Waals surface area contributed by atoms with Crippen molar-refractivity contribution in [1.82, 2.24) is 39.1 Å². The molecule has 4 aromatic heterocycles. The molecule has 0 saturated carbocycles. The third-order valence-electron chi connectivity index (χ3n) is 16.2. The number of aryl methyl sites for hydroxylation is 4. The van der Waals surface area contributed by atoms with E-state index in [9.17, 15) is 0 Å². The molecule has 0 N–H and O–H groups in total. The maximum absolute atomic E-state index is 5.93. The molecule has 0 radical (unpaired) electrons. The first-order valence-corrected chi connectivity index (χ1v) is 25.3. The molecule has 8 aromatic rings. The number of fused-ring (bicyclic) bond motifs is 20. The van der Waals surface area contributed by atoms with Gasteiger partial charge < -0.3 is 4.74 Å². The maximum atomic E-state index is 5.93. The molecule has 0 amide bonds. The smallest absolute Gasteiger partial charge is 0.465 e. The molecule has 10 heterocycles. The van der Waals surface area contributed by atoms with E-state index in [0.717, 1.165) is 71.1 Å². The van der Waals surface area contributed by atoms with E-state index in [-0.39, 0.29) is 58.6 Å². The number of allylic oxidation sites excluding steroid dienone is 2. The van der Waals surface area contributed by atoms with Crippen LogP contribution in [0.15, 0.2) is 145 Å². The number of benzene rings is 4. The van der Waals surface area contributed by atoms with Crippen molar-refractivity contribution in [2.45, 2.75) is 110 Å². The molecule has 6 aliphatic heterocycles. The van der Waals surface area contributed by atoms with Crippen LogP contribution in [0.4, 0.5) is 0 Å². The van der Waals surface area contributed by atoms with Crippen LogP contribution in [0.1, 0.15) is 102 Å². The summed E-state index contributed by atoms with van der Waals surface area (Å²) >= 11 is 0. The first-order valence-electron chi connectivity index (χ1n) is 25.3. The molecule has 16 bridgehead atoms. The summed E-state index contributed by atoms with van der Waals surface area (Å²) in [5.74, 6) is 2.49. The zero-order valence-electron chi connectivity index (χ0n) is 43.1.